The van der Waals surface area contributed by atoms with Gasteiger partial charge in [0.2, 0.25) is 0 Å². The third-order valence-electron chi connectivity index (χ3n) is 0.829. The minimum absolute atomic E-state index is 0. The maximum Gasteiger partial charge on any atom is 4.00 e. The van der Waals surface area contributed by atoms with Gasteiger partial charge in [-0.2, -0.15) is 37.3 Å². The van der Waals surface area contributed by atoms with Gasteiger partial charge in [-0.1, -0.05) is 27.7 Å². The zero-order valence-corrected chi connectivity index (χ0v) is 14.5. The summed E-state index contributed by atoms with van der Waals surface area (Å²) in [7, 11) is 0. The molecule has 0 radical (unpaired) electrons. The summed E-state index contributed by atoms with van der Waals surface area (Å²) < 4.78 is 0. The minimum Gasteiger partial charge on any atom is -0.678 e. The van der Waals surface area contributed by atoms with Crippen molar-refractivity contribution >= 4 is 0 Å². The summed E-state index contributed by atoms with van der Waals surface area (Å²) in [6.07, 6.45) is 0. The first kappa shape index (κ1) is 25.1. The van der Waals surface area contributed by atoms with Crippen molar-refractivity contribution in [1.29, 1.82) is 0 Å². The minimum atomic E-state index is 0. The Morgan fingerprint density at radius 1 is 0.812 bits per heavy atom. The molecule has 0 heterocycles. The summed E-state index contributed by atoms with van der Waals surface area (Å²) in [5, 5.41) is 0. The second-order valence-corrected chi connectivity index (χ2v) is 2.52. The van der Waals surface area contributed by atoms with E-state index in [9.17, 15) is 0 Å². The second-order valence-electron chi connectivity index (χ2n) is 2.52. The molecular weight excluding hydrogens is 365 g/mol. The molecule has 0 amide bonds. The Kier molecular flexibility index (Phi) is 46.1. The van der Waals surface area contributed by atoms with Crippen LogP contribution in [0.25, 0.3) is 17.2 Å². The van der Waals surface area contributed by atoms with Crippen LogP contribution in [0, 0.1) is 6.92 Å². The largest absolute Gasteiger partial charge is 4.00 e. The Hall–Kier alpha value is 0.100. The van der Waals surface area contributed by atoms with E-state index in [0.717, 1.165) is 0 Å². The summed E-state index contributed by atoms with van der Waals surface area (Å²) in [6, 6.07) is 8.24. The van der Waals surface area contributed by atoms with E-state index in [1.165, 1.54) is 5.56 Å². The number of aryl methyl sites for hydroxylation is 1. The van der Waals surface area contributed by atoms with Crippen molar-refractivity contribution in [2.45, 2.75) is 27.7 Å². The summed E-state index contributed by atoms with van der Waals surface area (Å²) in [4.78, 5) is 0. The first-order valence-corrected chi connectivity index (χ1v) is 5.26. The molecule has 0 bridgehead atoms. The Labute approximate surface area is 120 Å². The molecule has 0 atom stereocenters. The zero-order chi connectivity index (χ0) is 12.5. The van der Waals surface area contributed by atoms with Gasteiger partial charge in [0.25, 0.3) is 0 Å². The van der Waals surface area contributed by atoms with Gasteiger partial charge < -0.3 is 17.2 Å². The third-order valence-corrected chi connectivity index (χ3v) is 0.829. The molecule has 1 rings (SSSR count). The Morgan fingerprint density at radius 2 is 1.00 bits per heavy atom. The number of rotatable bonds is 0. The average molecular weight is 390 g/mol. The van der Waals surface area contributed by atoms with Gasteiger partial charge in [-0.15, -0.1) is 0 Å². The fourth-order valence-corrected chi connectivity index (χ4v) is 0.470. The molecule has 0 aliphatic carbocycles. The topological polar surface area (TPSA) is 71.4 Å². The monoisotopic (exact) mass is 391 g/mol. The molecule has 0 saturated heterocycles. The van der Waals surface area contributed by atoms with Crippen molar-refractivity contribution in [2.75, 3.05) is 19.6 Å². The van der Waals surface area contributed by atoms with Crippen LogP contribution in [0.1, 0.15) is 26.3 Å². The van der Waals surface area contributed by atoms with Gasteiger partial charge in [0.05, 0.1) is 0 Å². The smallest absolute Gasteiger partial charge is 0.678 e. The van der Waals surface area contributed by atoms with Crippen LogP contribution in [0.5, 0.6) is 0 Å². The van der Waals surface area contributed by atoms with E-state index in [1.807, 2.05) is 12.1 Å². The summed E-state index contributed by atoms with van der Waals surface area (Å²) >= 11 is 0. The van der Waals surface area contributed by atoms with Crippen molar-refractivity contribution in [3.05, 3.63) is 47.0 Å². The number of hydrogen-bond acceptors (Lipinski definition) is 0. The van der Waals surface area contributed by atoms with Crippen LogP contribution in [0.15, 0.2) is 24.3 Å². The van der Waals surface area contributed by atoms with E-state index >= 15 is 0 Å². The number of hydrogen-bond donors (Lipinski definition) is 0. The molecule has 92 valence electrons. The molecule has 0 saturated carbocycles. The molecular formula is C12H25HfN3. The molecule has 1 aromatic carbocycles. The van der Waals surface area contributed by atoms with E-state index in [0.29, 0.717) is 19.6 Å². The molecule has 1 aromatic rings. The fourth-order valence-electron chi connectivity index (χ4n) is 0.470. The van der Waals surface area contributed by atoms with E-state index in [4.69, 9.17) is 17.2 Å². The van der Waals surface area contributed by atoms with Crippen LogP contribution in [-0.4, -0.2) is 19.6 Å². The van der Waals surface area contributed by atoms with Gasteiger partial charge in [-0.25, -0.2) is 12.1 Å². The molecule has 0 spiro atoms. The molecule has 0 unspecified atom stereocenters. The van der Waals surface area contributed by atoms with Gasteiger partial charge in [0.1, 0.15) is 0 Å². The predicted octanol–water partition coefficient (Wildman–Crippen LogP) is 4.89. The standard InChI is InChI=1S/C6H7.3C2H6N.Hf/c1-6-4-2-3-5-6;3*1-2-3;/h2-5H,1H3;3*3H,2H2,1H3;/q4*-1;+4. The van der Waals surface area contributed by atoms with Crippen molar-refractivity contribution in [1.82, 2.24) is 0 Å². The van der Waals surface area contributed by atoms with Crippen LogP contribution in [0.3, 0.4) is 0 Å². The van der Waals surface area contributed by atoms with Gasteiger partial charge in [-0.05, 0) is 0 Å². The zero-order valence-electron chi connectivity index (χ0n) is 10.9. The molecule has 0 fully saturated rings. The van der Waals surface area contributed by atoms with E-state index in [1.54, 1.807) is 20.8 Å². The van der Waals surface area contributed by atoms with Gasteiger partial charge in [-0.3, -0.25) is 0 Å². The molecule has 4 heteroatoms. The van der Waals surface area contributed by atoms with Gasteiger partial charge in [0, 0.05) is 0 Å². The van der Waals surface area contributed by atoms with Crippen molar-refractivity contribution in [3.8, 4) is 0 Å². The van der Waals surface area contributed by atoms with Gasteiger partial charge in [0.15, 0.2) is 0 Å². The molecule has 3 nitrogen and oxygen atoms in total. The molecule has 0 aromatic heterocycles. The summed E-state index contributed by atoms with van der Waals surface area (Å²) in [5.74, 6) is 0. The summed E-state index contributed by atoms with van der Waals surface area (Å²) in [5.41, 5.74) is 20.0. The van der Waals surface area contributed by atoms with Gasteiger partial charge >= 0.3 is 25.8 Å². The molecule has 3 N–H and O–H groups in total. The molecule has 0 aliphatic heterocycles. The van der Waals surface area contributed by atoms with Crippen molar-refractivity contribution in [3.63, 3.8) is 0 Å². The fraction of sp³-hybridized carbons (Fsp3) is 0.583. The third kappa shape index (κ3) is 48.0. The Bertz CT molecular complexity index is 149. The molecule has 16 heavy (non-hydrogen) atoms. The normalized spacial score (nSPS) is 6.69. The Morgan fingerprint density at radius 3 is 1.06 bits per heavy atom. The van der Waals surface area contributed by atoms with Crippen LogP contribution in [0.2, 0.25) is 0 Å². The maximum absolute atomic E-state index is 6.21. The van der Waals surface area contributed by atoms with E-state index in [2.05, 4.69) is 19.1 Å². The first-order chi connectivity index (χ1) is 7.14. The van der Waals surface area contributed by atoms with Crippen LogP contribution in [-0.2, 0) is 25.8 Å². The SMILES string of the molecule is CC[NH-].CC[NH-].CC[NH-].C[c-]1cccc1.[Hf+4]. The van der Waals surface area contributed by atoms with E-state index in [-0.39, 0.29) is 25.8 Å². The Balaban J connectivity index is -0.0000000637. The second kappa shape index (κ2) is 29.4. The maximum atomic E-state index is 6.21. The van der Waals surface area contributed by atoms with Crippen molar-refractivity contribution < 1.29 is 25.8 Å². The van der Waals surface area contributed by atoms with Crippen molar-refractivity contribution in [2.24, 2.45) is 0 Å². The van der Waals surface area contributed by atoms with Crippen LogP contribution in [0.4, 0.5) is 0 Å². The van der Waals surface area contributed by atoms with E-state index < -0.39 is 0 Å². The molecule has 0 aliphatic rings. The average Bonchev–Trinajstić information content (AvgIpc) is 2.60. The predicted molar refractivity (Wildman–Crippen MR) is 71.4 cm³/mol. The van der Waals surface area contributed by atoms with Crippen LogP contribution >= 0.6 is 0 Å². The summed E-state index contributed by atoms with van der Waals surface area (Å²) in [6.45, 7) is 8.96. The first-order valence-electron chi connectivity index (χ1n) is 5.26. The number of nitrogens with one attached hydrogen (secondary N) is 3. The quantitative estimate of drug-likeness (QED) is 0.448. The van der Waals surface area contributed by atoms with Crippen LogP contribution < -0.4 is 0 Å².